The molecule has 0 bridgehead atoms. The highest BCUT2D eigenvalue weighted by Gasteiger charge is 2.30. The van der Waals surface area contributed by atoms with E-state index in [-0.39, 0.29) is 24.5 Å². The summed E-state index contributed by atoms with van der Waals surface area (Å²) >= 11 is 0. The highest BCUT2D eigenvalue weighted by Crippen LogP contribution is 2.34. The van der Waals surface area contributed by atoms with Crippen LogP contribution in [-0.4, -0.2) is 23.6 Å². The van der Waals surface area contributed by atoms with Gasteiger partial charge in [-0.25, -0.2) is 9.18 Å². The van der Waals surface area contributed by atoms with Crippen LogP contribution in [0.5, 0.6) is 0 Å². The summed E-state index contributed by atoms with van der Waals surface area (Å²) in [7, 11) is 0. The van der Waals surface area contributed by atoms with Gasteiger partial charge in [0, 0.05) is 17.5 Å². The van der Waals surface area contributed by atoms with Crippen LogP contribution in [0.3, 0.4) is 0 Å². The molecule has 0 radical (unpaired) electrons. The molecule has 0 spiro atoms. The third-order valence-electron chi connectivity index (χ3n) is 4.83. The minimum Gasteiger partial charge on any atom is -0.462 e. The van der Waals surface area contributed by atoms with E-state index in [4.69, 9.17) is 9.47 Å². The standard InChI is InChI=1S/C24H30FNO3/c1-6-14-28-24(27)20-15-19(7-2)26(9-4)23(17(20)5)22(8-3)29-16-18-12-10-11-13-21(18)25/h7,9-13,15,22H,4,6,8,14,16H2,1-3,5H3/b19-7-. The second-order valence-corrected chi connectivity index (χ2v) is 6.77. The maximum absolute atomic E-state index is 14.0. The molecule has 0 amide bonds. The van der Waals surface area contributed by atoms with Gasteiger partial charge < -0.3 is 14.4 Å². The molecule has 0 saturated carbocycles. The molecule has 4 nitrogen and oxygen atoms in total. The molecule has 1 unspecified atom stereocenters. The Morgan fingerprint density at radius 3 is 2.62 bits per heavy atom. The van der Waals surface area contributed by atoms with Crippen molar-refractivity contribution in [3.8, 4) is 0 Å². The first-order valence-corrected chi connectivity index (χ1v) is 10.0. The molecule has 5 heteroatoms. The van der Waals surface area contributed by atoms with Crippen LogP contribution in [0, 0.1) is 5.82 Å². The molecular formula is C24H30FNO3. The Morgan fingerprint density at radius 1 is 1.31 bits per heavy atom. The number of carbonyl (C=O) groups is 1. The highest BCUT2D eigenvalue weighted by molar-refractivity contribution is 5.94. The zero-order valence-electron chi connectivity index (χ0n) is 17.7. The summed E-state index contributed by atoms with van der Waals surface area (Å²) in [6, 6.07) is 6.57. The van der Waals surface area contributed by atoms with E-state index >= 15 is 0 Å². The molecule has 1 aliphatic rings. The fraction of sp³-hybridized carbons (Fsp3) is 0.375. The Balaban J connectivity index is 2.39. The lowest BCUT2D eigenvalue weighted by molar-refractivity contribution is -0.138. The summed E-state index contributed by atoms with van der Waals surface area (Å²) in [5.74, 6) is -0.649. The van der Waals surface area contributed by atoms with Gasteiger partial charge in [-0.3, -0.25) is 0 Å². The first kappa shape index (κ1) is 22.6. The summed E-state index contributed by atoms with van der Waals surface area (Å²) in [6.07, 6.45) is 6.48. The Morgan fingerprint density at radius 2 is 2.03 bits per heavy atom. The van der Waals surface area contributed by atoms with Crippen LogP contribution in [0.4, 0.5) is 4.39 Å². The minimum atomic E-state index is -0.353. The molecule has 29 heavy (non-hydrogen) atoms. The van der Waals surface area contributed by atoms with Crippen molar-refractivity contribution in [2.75, 3.05) is 6.61 Å². The SMILES string of the molecule is C=CN1C(C(CC)OCc2ccccc2F)=C(C)C(C(=O)OCCC)=C/C1=C/C. The molecule has 2 rings (SSSR count). The van der Waals surface area contributed by atoms with Crippen molar-refractivity contribution >= 4 is 5.97 Å². The number of nitrogens with zero attached hydrogens (tertiary/aromatic N) is 1. The number of benzene rings is 1. The molecule has 1 atom stereocenters. The summed E-state index contributed by atoms with van der Waals surface area (Å²) in [5.41, 5.74) is 3.41. The van der Waals surface area contributed by atoms with Gasteiger partial charge in [0.05, 0.1) is 30.6 Å². The van der Waals surface area contributed by atoms with Crippen molar-refractivity contribution < 1.29 is 18.7 Å². The van der Waals surface area contributed by atoms with Crippen molar-refractivity contribution in [2.45, 2.75) is 53.2 Å². The fourth-order valence-electron chi connectivity index (χ4n) is 3.29. The molecule has 1 heterocycles. The van der Waals surface area contributed by atoms with Gasteiger partial charge in [-0.15, -0.1) is 0 Å². The van der Waals surface area contributed by atoms with Gasteiger partial charge in [-0.1, -0.05) is 44.7 Å². The Kier molecular flexibility index (Phi) is 8.40. The molecule has 0 aromatic heterocycles. The number of hydrogen-bond donors (Lipinski definition) is 0. The van der Waals surface area contributed by atoms with Crippen molar-refractivity contribution in [3.63, 3.8) is 0 Å². The molecule has 0 fully saturated rings. The number of allylic oxidation sites excluding steroid dienone is 2. The van der Waals surface area contributed by atoms with E-state index in [0.29, 0.717) is 24.2 Å². The quantitative estimate of drug-likeness (QED) is 0.504. The lowest BCUT2D eigenvalue weighted by Crippen LogP contribution is -2.32. The largest absolute Gasteiger partial charge is 0.462 e. The lowest BCUT2D eigenvalue weighted by atomic mass is 9.95. The Hall–Kier alpha value is -2.66. The topological polar surface area (TPSA) is 38.8 Å². The zero-order chi connectivity index (χ0) is 21.4. The predicted octanol–water partition coefficient (Wildman–Crippen LogP) is 5.64. The van der Waals surface area contributed by atoms with Gasteiger partial charge in [-0.05, 0) is 44.4 Å². The van der Waals surface area contributed by atoms with Gasteiger partial charge in [0.2, 0.25) is 0 Å². The minimum absolute atomic E-state index is 0.136. The third-order valence-corrected chi connectivity index (χ3v) is 4.83. The van der Waals surface area contributed by atoms with E-state index in [1.807, 2.05) is 44.7 Å². The molecule has 1 aromatic carbocycles. The van der Waals surface area contributed by atoms with Crippen LogP contribution >= 0.6 is 0 Å². The maximum atomic E-state index is 14.0. The number of esters is 1. The zero-order valence-corrected chi connectivity index (χ0v) is 17.7. The van der Waals surface area contributed by atoms with Gasteiger partial charge in [0.1, 0.15) is 5.82 Å². The summed E-state index contributed by atoms with van der Waals surface area (Å²) in [6.45, 7) is 12.2. The second kappa shape index (κ2) is 10.8. The molecule has 1 aromatic rings. The van der Waals surface area contributed by atoms with Gasteiger partial charge in [0.15, 0.2) is 0 Å². The van der Waals surface area contributed by atoms with Crippen LogP contribution < -0.4 is 0 Å². The summed E-state index contributed by atoms with van der Waals surface area (Å²) in [5, 5.41) is 0. The van der Waals surface area contributed by atoms with Crippen LogP contribution in [0.2, 0.25) is 0 Å². The summed E-state index contributed by atoms with van der Waals surface area (Å²) in [4.78, 5) is 14.5. The average Bonchev–Trinajstić information content (AvgIpc) is 2.73. The number of halogens is 1. The van der Waals surface area contributed by atoms with Crippen LogP contribution in [0.1, 0.15) is 46.1 Å². The van der Waals surface area contributed by atoms with E-state index in [1.165, 1.54) is 6.07 Å². The molecule has 0 N–H and O–H groups in total. The number of carbonyl (C=O) groups excluding carboxylic acids is 1. The van der Waals surface area contributed by atoms with E-state index in [2.05, 4.69) is 6.58 Å². The smallest absolute Gasteiger partial charge is 0.338 e. The van der Waals surface area contributed by atoms with Crippen molar-refractivity contribution in [1.82, 2.24) is 4.90 Å². The second-order valence-electron chi connectivity index (χ2n) is 6.77. The Labute approximate surface area is 173 Å². The number of hydrogen-bond acceptors (Lipinski definition) is 4. The Bertz CT molecular complexity index is 838. The van der Waals surface area contributed by atoms with E-state index in [0.717, 1.165) is 23.4 Å². The monoisotopic (exact) mass is 399 g/mol. The third kappa shape index (κ3) is 5.24. The van der Waals surface area contributed by atoms with Crippen LogP contribution in [0.25, 0.3) is 0 Å². The maximum Gasteiger partial charge on any atom is 0.338 e. The number of rotatable bonds is 9. The predicted molar refractivity (Wildman–Crippen MR) is 113 cm³/mol. The fourth-order valence-corrected chi connectivity index (χ4v) is 3.29. The first-order valence-electron chi connectivity index (χ1n) is 10.0. The van der Waals surface area contributed by atoms with Crippen molar-refractivity contribution in [3.05, 3.63) is 83.1 Å². The molecular weight excluding hydrogens is 369 g/mol. The van der Waals surface area contributed by atoms with E-state index in [1.54, 1.807) is 24.4 Å². The highest BCUT2D eigenvalue weighted by atomic mass is 19.1. The molecule has 0 saturated heterocycles. The van der Waals surface area contributed by atoms with E-state index in [9.17, 15) is 9.18 Å². The average molecular weight is 400 g/mol. The van der Waals surface area contributed by atoms with Crippen molar-refractivity contribution in [1.29, 1.82) is 0 Å². The van der Waals surface area contributed by atoms with Gasteiger partial charge in [0.25, 0.3) is 0 Å². The normalized spacial score (nSPS) is 16.7. The molecule has 1 aliphatic heterocycles. The van der Waals surface area contributed by atoms with Crippen LogP contribution in [-0.2, 0) is 20.9 Å². The summed E-state index contributed by atoms with van der Waals surface area (Å²) < 4.78 is 25.5. The molecule has 0 aliphatic carbocycles. The van der Waals surface area contributed by atoms with E-state index < -0.39 is 0 Å². The first-order chi connectivity index (χ1) is 14.0. The lowest BCUT2D eigenvalue weighted by Gasteiger charge is -2.35. The van der Waals surface area contributed by atoms with Crippen LogP contribution in [0.15, 0.2) is 71.7 Å². The van der Waals surface area contributed by atoms with Gasteiger partial charge >= 0.3 is 5.97 Å². The molecule has 156 valence electrons. The van der Waals surface area contributed by atoms with Gasteiger partial charge in [-0.2, -0.15) is 0 Å². The number of ether oxygens (including phenoxy) is 2. The van der Waals surface area contributed by atoms with Crippen molar-refractivity contribution in [2.24, 2.45) is 0 Å².